The molecule has 0 fully saturated rings. The van der Waals surface area contributed by atoms with Crippen LogP contribution in [0.5, 0.6) is 11.5 Å². The van der Waals surface area contributed by atoms with Gasteiger partial charge in [-0.25, -0.2) is 12.8 Å². The number of hydrogen-bond acceptors (Lipinski definition) is 5. The number of nitrogens with zero attached hydrogens (tertiary/aromatic N) is 1. The van der Waals surface area contributed by atoms with Crippen molar-refractivity contribution in [2.24, 2.45) is 0 Å². The van der Waals surface area contributed by atoms with Crippen LogP contribution in [0.1, 0.15) is 32.8 Å². The molecule has 0 atom stereocenters. The number of amides is 1. The Kier molecular flexibility index (Phi) is 9.91. The number of carbonyl (C=O) groups excluding carboxylic acids is 1. The summed E-state index contributed by atoms with van der Waals surface area (Å²) in [6.45, 7) is 6.14. The summed E-state index contributed by atoms with van der Waals surface area (Å²) >= 11 is 0. The number of carbonyl (C=O) groups is 1. The summed E-state index contributed by atoms with van der Waals surface area (Å²) in [6, 6.07) is 18.7. The second-order valence-electron chi connectivity index (χ2n) is 8.66. The lowest BCUT2D eigenvalue weighted by Gasteiger charge is -2.24. The van der Waals surface area contributed by atoms with Crippen molar-refractivity contribution in [2.75, 3.05) is 24.0 Å². The maximum atomic E-state index is 13.5. The Morgan fingerprint density at radius 2 is 1.70 bits per heavy atom. The maximum Gasteiger partial charge on any atom is 0.264 e. The molecule has 3 rings (SSSR count). The molecule has 0 aliphatic heterocycles. The zero-order valence-electron chi connectivity index (χ0n) is 21.3. The lowest BCUT2D eigenvalue weighted by molar-refractivity contribution is -0.119. The van der Waals surface area contributed by atoms with Crippen molar-refractivity contribution in [1.82, 2.24) is 5.32 Å². The number of aryl methyl sites for hydroxylation is 1. The second kappa shape index (κ2) is 13.1. The highest BCUT2D eigenvalue weighted by molar-refractivity contribution is 7.92. The molecule has 3 aromatic carbocycles. The quantitative estimate of drug-likeness (QED) is 0.317. The summed E-state index contributed by atoms with van der Waals surface area (Å²) < 4.78 is 52.5. The minimum atomic E-state index is -4.10. The molecule has 0 aromatic heterocycles. The van der Waals surface area contributed by atoms with Crippen molar-refractivity contribution in [3.63, 3.8) is 0 Å². The summed E-state index contributed by atoms with van der Waals surface area (Å²) in [5.41, 5.74) is 1.27. The highest BCUT2D eigenvalue weighted by Crippen LogP contribution is 2.25. The van der Waals surface area contributed by atoms with E-state index in [0.717, 1.165) is 34.2 Å². The monoisotopic (exact) mass is 528 g/mol. The molecule has 3 aromatic rings. The first-order chi connectivity index (χ1) is 17.7. The number of benzene rings is 3. The Morgan fingerprint density at radius 3 is 2.35 bits per heavy atom. The van der Waals surface area contributed by atoms with Gasteiger partial charge in [-0.2, -0.15) is 0 Å². The highest BCUT2D eigenvalue weighted by Gasteiger charge is 2.27. The average Bonchev–Trinajstić information content (AvgIpc) is 2.86. The number of hydrogen-bond donors (Lipinski definition) is 1. The molecular weight excluding hydrogens is 495 g/mol. The van der Waals surface area contributed by atoms with E-state index in [0.29, 0.717) is 25.3 Å². The lowest BCUT2D eigenvalue weighted by atomic mass is 10.1. The fraction of sp³-hybridized carbons (Fsp3) is 0.321. The number of rotatable bonds is 13. The van der Waals surface area contributed by atoms with Gasteiger partial charge in [0.25, 0.3) is 10.0 Å². The molecule has 0 bridgehead atoms. The molecule has 1 N–H and O–H groups in total. The normalized spacial score (nSPS) is 11.3. The van der Waals surface area contributed by atoms with E-state index < -0.39 is 28.3 Å². The van der Waals surface area contributed by atoms with Crippen LogP contribution in [0.3, 0.4) is 0 Å². The van der Waals surface area contributed by atoms with E-state index in [-0.39, 0.29) is 16.7 Å². The zero-order chi connectivity index (χ0) is 26.8. The van der Waals surface area contributed by atoms with Gasteiger partial charge in [0.1, 0.15) is 23.9 Å². The van der Waals surface area contributed by atoms with Gasteiger partial charge >= 0.3 is 0 Å². The molecule has 0 aliphatic rings. The number of ether oxygens (including phenoxy) is 2. The Balaban J connectivity index is 1.66. The largest absolute Gasteiger partial charge is 0.494 e. The number of halogens is 1. The standard InChI is InChI=1S/C28H33FN2O5S/c1-4-35-25-14-16-27(17-15-25)37(33,34)31(24-12-10-23(29)11-13-24)20-28(32)30-18-6-8-22-7-5-9-26(19-22)36-21(2)3/h5,7,9-17,19,21H,4,6,8,18,20H2,1-3H3,(H,30,32). The van der Waals surface area contributed by atoms with E-state index >= 15 is 0 Å². The first-order valence-electron chi connectivity index (χ1n) is 12.2. The molecule has 0 unspecified atom stereocenters. The van der Waals surface area contributed by atoms with Gasteiger partial charge in [-0.15, -0.1) is 0 Å². The smallest absolute Gasteiger partial charge is 0.264 e. The van der Waals surface area contributed by atoms with E-state index in [1.54, 1.807) is 12.1 Å². The van der Waals surface area contributed by atoms with Crippen LogP contribution in [0.25, 0.3) is 0 Å². The Morgan fingerprint density at radius 1 is 1.00 bits per heavy atom. The minimum absolute atomic E-state index is 0.00317. The number of nitrogens with one attached hydrogen (secondary N) is 1. The summed E-state index contributed by atoms with van der Waals surface area (Å²) in [6.07, 6.45) is 1.47. The molecule has 0 spiro atoms. The molecular formula is C28H33FN2O5S. The van der Waals surface area contributed by atoms with E-state index in [1.165, 1.54) is 24.3 Å². The van der Waals surface area contributed by atoms with E-state index in [4.69, 9.17) is 9.47 Å². The van der Waals surface area contributed by atoms with Gasteiger partial charge in [-0.05, 0) is 99.8 Å². The van der Waals surface area contributed by atoms with E-state index in [1.807, 2.05) is 45.0 Å². The molecule has 1 amide bonds. The first kappa shape index (κ1) is 28.0. The second-order valence-corrected chi connectivity index (χ2v) is 10.5. The highest BCUT2D eigenvalue weighted by atomic mass is 32.2. The third kappa shape index (κ3) is 8.21. The summed E-state index contributed by atoms with van der Waals surface area (Å²) in [4.78, 5) is 12.8. The van der Waals surface area contributed by atoms with Crippen LogP contribution < -0.4 is 19.1 Å². The van der Waals surface area contributed by atoms with Crippen LogP contribution in [0.15, 0.2) is 77.7 Å². The molecule has 7 nitrogen and oxygen atoms in total. The van der Waals surface area contributed by atoms with E-state index in [9.17, 15) is 17.6 Å². The SMILES string of the molecule is CCOc1ccc(S(=O)(=O)N(CC(=O)NCCCc2cccc(OC(C)C)c2)c2ccc(F)cc2)cc1. The molecule has 0 saturated heterocycles. The van der Waals surface area contributed by atoms with Gasteiger partial charge < -0.3 is 14.8 Å². The number of anilines is 1. The summed E-state index contributed by atoms with van der Waals surface area (Å²) in [7, 11) is -4.10. The fourth-order valence-corrected chi connectivity index (χ4v) is 5.10. The van der Waals surface area contributed by atoms with Crippen LogP contribution in [-0.2, 0) is 21.2 Å². The zero-order valence-corrected chi connectivity index (χ0v) is 22.1. The minimum Gasteiger partial charge on any atom is -0.494 e. The van der Waals surface area contributed by atoms with Crippen LogP contribution >= 0.6 is 0 Å². The Hall–Kier alpha value is -3.59. The van der Waals surface area contributed by atoms with Crippen molar-refractivity contribution in [1.29, 1.82) is 0 Å². The topological polar surface area (TPSA) is 84.9 Å². The molecule has 9 heteroatoms. The maximum absolute atomic E-state index is 13.5. The van der Waals surface area contributed by atoms with Gasteiger partial charge in [0.05, 0.1) is 23.3 Å². The Bertz CT molecular complexity index is 1260. The average molecular weight is 529 g/mol. The molecule has 0 heterocycles. The third-order valence-corrected chi connectivity index (χ3v) is 7.15. The first-order valence-corrected chi connectivity index (χ1v) is 13.7. The molecule has 0 radical (unpaired) electrons. The Labute approximate surface area is 218 Å². The van der Waals surface area contributed by atoms with Gasteiger partial charge in [-0.3, -0.25) is 9.10 Å². The van der Waals surface area contributed by atoms with Gasteiger partial charge in [0.15, 0.2) is 0 Å². The van der Waals surface area contributed by atoms with Gasteiger partial charge in [0, 0.05) is 6.54 Å². The fourth-order valence-electron chi connectivity index (χ4n) is 3.68. The summed E-state index contributed by atoms with van der Waals surface area (Å²) in [5, 5.41) is 2.79. The van der Waals surface area contributed by atoms with Crippen molar-refractivity contribution in [3.8, 4) is 11.5 Å². The van der Waals surface area contributed by atoms with Crippen molar-refractivity contribution >= 4 is 21.6 Å². The molecule has 37 heavy (non-hydrogen) atoms. The molecule has 0 saturated carbocycles. The third-order valence-electron chi connectivity index (χ3n) is 5.36. The van der Waals surface area contributed by atoms with Crippen LogP contribution in [0.4, 0.5) is 10.1 Å². The predicted molar refractivity (Wildman–Crippen MR) is 142 cm³/mol. The van der Waals surface area contributed by atoms with Gasteiger partial charge in [0.2, 0.25) is 5.91 Å². The molecule has 0 aliphatic carbocycles. The van der Waals surface area contributed by atoms with Crippen LogP contribution in [0.2, 0.25) is 0 Å². The molecule has 198 valence electrons. The van der Waals surface area contributed by atoms with Crippen molar-refractivity contribution in [2.45, 2.75) is 44.6 Å². The summed E-state index contributed by atoms with van der Waals surface area (Å²) in [5.74, 6) is 0.366. The number of sulfonamides is 1. The lowest BCUT2D eigenvalue weighted by Crippen LogP contribution is -2.41. The van der Waals surface area contributed by atoms with Gasteiger partial charge in [-0.1, -0.05) is 12.1 Å². The predicted octanol–water partition coefficient (Wildman–Crippen LogP) is 4.96. The van der Waals surface area contributed by atoms with E-state index in [2.05, 4.69) is 5.32 Å². The van der Waals surface area contributed by atoms with Crippen LogP contribution in [-0.4, -0.2) is 40.1 Å². The van der Waals surface area contributed by atoms with Crippen LogP contribution in [0, 0.1) is 5.82 Å². The van der Waals surface area contributed by atoms with Crippen molar-refractivity contribution < 1.29 is 27.1 Å². The van der Waals surface area contributed by atoms with Crippen molar-refractivity contribution in [3.05, 3.63) is 84.2 Å².